The number of carbonyl (C=O) groups excluding carboxylic acids is 1. The molecule has 4 nitrogen and oxygen atoms in total. The molecule has 0 spiro atoms. The molecular weight excluding hydrogens is 238 g/mol. The van der Waals surface area contributed by atoms with Gasteiger partial charge in [0.1, 0.15) is 0 Å². The summed E-state index contributed by atoms with van der Waals surface area (Å²) in [6.07, 6.45) is 5.07. The molecule has 1 aromatic heterocycles. The number of carbonyl (C=O) groups is 1. The summed E-state index contributed by atoms with van der Waals surface area (Å²) in [6, 6.07) is 2.54. The minimum absolute atomic E-state index is 0.0940. The SMILES string of the molecule is CNc1cc(C)ncc1C(=O)N1[C@H](C)CCC[C@@H]1C. The fourth-order valence-corrected chi connectivity index (χ4v) is 2.90. The Labute approximate surface area is 115 Å². The zero-order valence-electron chi connectivity index (χ0n) is 12.2. The van der Waals surface area contributed by atoms with E-state index < -0.39 is 0 Å². The molecule has 19 heavy (non-hydrogen) atoms. The zero-order chi connectivity index (χ0) is 14.0. The van der Waals surface area contributed by atoms with Gasteiger partial charge in [-0.3, -0.25) is 9.78 Å². The van der Waals surface area contributed by atoms with Gasteiger partial charge in [-0.1, -0.05) is 0 Å². The molecule has 104 valence electrons. The third-order valence-corrected chi connectivity index (χ3v) is 3.97. The molecule has 1 aliphatic heterocycles. The van der Waals surface area contributed by atoms with Gasteiger partial charge in [-0.2, -0.15) is 0 Å². The van der Waals surface area contributed by atoms with Crippen molar-refractivity contribution in [2.45, 2.75) is 52.1 Å². The molecule has 0 unspecified atom stereocenters. The second-order valence-electron chi connectivity index (χ2n) is 5.46. The van der Waals surface area contributed by atoms with Gasteiger partial charge in [0.05, 0.1) is 11.3 Å². The normalized spacial score (nSPS) is 23.3. The van der Waals surface area contributed by atoms with Gasteiger partial charge in [0.2, 0.25) is 0 Å². The molecule has 1 saturated heterocycles. The first-order valence-corrected chi connectivity index (χ1v) is 7.01. The lowest BCUT2D eigenvalue weighted by molar-refractivity contribution is 0.0511. The molecule has 4 heteroatoms. The van der Waals surface area contributed by atoms with E-state index in [1.54, 1.807) is 6.20 Å². The highest BCUT2D eigenvalue weighted by atomic mass is 16.2. The van der Waals surface area contributed by atoms with Crippen molar-refractivity contribution < 1.29 is 4.79 Å². The number of anilines is 1. The molecule has 0 aromatic carbocycles. The lowest BCUT2D eigenvalue weighted by Crippen LogP contribution is -2.47. The van der Waals surface area contributed by atoms with E-state index in [1.165, 1.54) is 6.42 Å². The first kappa shape index (κ1) is 13.8. The van der Waals surface area contributed by atoms with E-state index in [-0.39, 0.29) is 5.91 Å². The summed E-state index contributed by atoms with van der Waals surface area (Å²) >= 11 is 0. The van der Waals surface area contributed by atoms with Crippen molar-refractivity contribution in [2.75, 3.05) is 12.4 Å². The first-order valence-electron chi connectivity index (χ1n) is 7.01. The minimum atomic E-state index is 0.0940. The third kappa shape index (κ3) is 2.72. The quantitative estimate of drug-likeness (QED) is 0.890. The van der Waals surface area contributed by atoms with Gasteiger partial charge in [-0.05, 0) is 46.1 Å². The third-order valence-electron chi connectivity index (χ3n) is 3.97. The Morgan fingerprint density at radius 1 is 1.37 bits per heavy atom. The Kier molecular flexibility index (Phi) is 4.08. The lowest BCUT2D eigenvalue weighted by atomic mass is 9.96. The predicted molar refractivity (Wildman–Crippen MR) is 77.5 cm³/mol. The number of nitrogens with zero attached hydrogens (tertiary/aromatic N) is 2. The highest BCUT2D eigenvalue weighted by molar-refractivity contribution is 5.99. The van der Waals surface area contributed by atoms with Crippen molar-refractivity contribution in [1.82, 2.24) is 9.88 Å². The fraction of sp³-hybridized carbons (Fsp3) is 0.600. The number of aromatic nitrogens is 1. The zero-order valence-corrected chi connectivity index (χ0v) is 12.2. The topological polar surface area (TPSA) is 45.2 Å². The van der Waals surface area contributed by atoms with E-state index in [0.717, 1.165) is 24.2 Å². The summed E-state index contributed by atoms with van der Waals surface area (Å²) in [7, 11) is 1.84. The van der Waals surface area contributed by atoms with Crippen LogP contribution in [-0.4, -0.2) is 34.9 Å². The van der Waals surface area contributed by atoms with Crippen LogP contribution in [0.5, 0.6) is 0 Å². The predicted octanol–water partition coefficient (Wildman–Crippen LogP) is 2.83. The number of nitrogens with one attached hydrogen (secondary N) is 1. The number of rotatable bonds is 2. The summed E-state index contributed by atoms with van der Waals surface area (Å²) in [4.78, 5) is 19.0. The number of amides is 1. The van der Waals surface area contributed by atoms with Gasteiger partial charge < -0.3 is 10.2 Å². The smallest absolute Gasteiger partial charge is 0.258 e. The summed E-state index contributed by atoms with van der Waals surface area (Å²) in [6.45, 7) is 6.20. The monoisotopic (exact) mass is 261 g/mol. The van der Waals surface area contributed by atoms with Crippen molar-refractivity contribution >= 4 is 11.6 Å². The van der Waals surface area contributed by atoms with Crippen LogP contribution in [0.4, 0.5) is 5.69 Å². The van der Waals surface area contributed by atoms with E-state index in [9.17, 15) is 4.79 Å². The molecule has 2 rings (SSSR count). The Morgan fingerprint density at radius 2 is 2.00 bits per heavy atom. The summed E-state index contributed by atoms with van der Waals surface area (Å²) in [5.74, 6) is 0.0940. The Hall–Kier alpha value is -1.58. The van der Waals surface area contributed by atoms with Crippen molar-refractivity contribution in [3.8, 4) is 0 Å². The van der Waals surface area contributed by atoms with Gasteiger partial charge in [0, 0.05) is 31.0 Å². The number of likely N-dealkylation sites (tertiary alicyclic amines) is 1. The van der Waals surface area contributed by atoms with Crippen LogP contribution in [0.2, 0.25) is 0 Å². The molecule has 1 amide bonds. The maximum atomic E-state index is 12.8. The Morgan fingerprint density at radius 3 is 2.58 bits per heavy atom. The number of piperidine rings is 1. The van der Waals surface area contributed by atoms with Crippen LogP contribution in [0.1, 0.15) is 49.2 Å². The maximum absolute atomic E-state index is 12.8. The van der Waals surface area contributed by atoms with E-state index in [2.05, 4.69) is 24.1 Å². The van der Waals surface area contributed by atoms with E-state index in [0.29, 0.717) is 17.6 Å². The van der Waals surface area contributed by atoms with Gasteiger partial charge >= 0.3 is 0 Å². The molecule has 1 fully saturated rings. The Balaban J connectivity index is 2.32. The first-order chi connectivity index (χ1) is 9.04. The minimum Gasteiger partial charge on any atom is -0.387 e. The molecule has 0 saturated carbocycles. The second-order valence-corrected chi connectivity index (χ2v) is 5.46. The molecule has 2 atom stereocenters. The van der Waals surface area contributed by atoms with E-state index >= 15 is 0 Å². The van der Waals surface area contributed by atoms with Gasteiger partial charge in [0.25, 0.3) is 5.91 Å². The number of hydrogen-bond acceptors (Lipinski definition) is 3. The van der Waals surface area contributed by atoms with Crippen LogP contribution in [0.15, 0.2) is 12.3 Å². The van der Waals surface area contributed by atoms with Crippen molar-refractivity contribution in [3.63, 3.8) is 0 Å². The molecular formula is C15H23N3O. The molecule has 2 heterocycles. The number of hydrogen-bond donors (Lipinski definition) is 1. The average Bonchev–Trinajstić information content (AvgIpc) is 2.38. The molecule has 0 radical (unpaired) electrons. The molecule has 1 aromatic rings. The lowest BCUT2D eigenvalue weighted by Gasteiger charge is -2.39. The van der Waals surface area contributed by atoms with E-state index in [1.807, 2.05) is 24.9 Å². The number of aryl methyl sites for hydroxylation is 1. The van der Waals surface area contributed by atoms with Gasteiger partial charge in [0.15, 0.2) is 0 Å². The van der Waals surface area contributed by atoms with Crippen LogP contribution >= 0.6 is 0 Å². The van der Waals surface area contributed by atoms with Crippen LogP contribution < -0.4 is 5.32 Å². The standard InChI is InChI=1S/C15H23N3O/c1-10-8-14(16-4)13(9-17-10)15(19)18-11(2)6-5-7-12(18)3/h8-9,11-12H,5-7H2,1-4H3,(H,16,17)/t11-,12+. The molecule has 0 aliphatic carbocycles. The fourth-order valence-electron chi connectivity index (χ4n) is 2.90. The largest absolute Gasteiger partial charge is 0.387 e. The van der Waals surface area contributed by atoms with Gasteiger partial charge in [-0.15, -0.1) is 0 Å². The van der Waals surface area contributed by atoms with Crippen LogP contribution in [0.25, 0.3) is 0 Å². The summed E-state index contributed by atoms with van der Waals surface area (Å²) < 4.78 is 0. The average molecular weight is 261 g/mol. The highest BCUT2D eigenvalue weighted by Crippen LogP contribution is 2.26. The Bertz CT molecular complexity index is 462. The maximum Gasteiger partial charge on any atom is 0.258 e. The van der Waals surface area contributed by atoms with Crippen LogP contribution in [0.3, 0.4) is 0 Å². The molecule has 1 aliphatic rings. The molecule has 0 bridgehead atoms. The van der Waals surface area contributed by atoms with Crippen LogP contribution in [-0.2, 0) is 0 Å². The molecule has 1 N–H and O–H groups in total. The second kappa shape index (κ2) is 5.59. The van der Waals surface area contributed by atoms with E-state index in [4.69, 9.17) is 0 Å². The van der Waals surface area contributed by atoms with Gasteiger partial charge in [-0.25, -0.2) is 0 Å². The summed E-state index contributed by atoms with van der Waals surface area (Å²) in [5, 5.41) is 3.10. The van der Waals surface area contributed by atoms with Crippen molar-refractivity contribution in [2.24, 2.45) is 0 Å². The van der Waals surface area contributed by atoms with Crippen molar-refractivity contribution in [3.05, 3.63) is 23.5 Å². The number of pyridine rings is 1. The summed E-state index contributed by atoms with van der Waals surface area (Å²) in [5.41, 5.74) is 2.46. The highest BCUT2D eigenvalue weighted by Gasteiger charge is 2.30. The van der Waals surface area contributed by atoms with Crippen LogP contribution in [0, 0.1) is 6.92 Å². The van der Waals surface area contributed by atoms with Crippen molar-refractivity contribution in [1.29, 1.82) is 0 Å².